The highest BCUT2D eigenvalue weighted by atomic mass is 19.3. The van der Waals surface area contributed by atoms with Gasteiger partial charge in [0.2, 0.25) is 11.8 Å². The second kappa shape index (κ2) is 7.57. The lowest BCUT2D eigenvalue weighted by molar-refractivity contribution is -0.129. The molecular weight excluding hydrogens is 390 g/mol. The van der Waals surface area contributed by atoms with E-state index in [0.717, 1.165) is 5.56 Å². The predicted octanol–water partition coefficient (Wildman–Crippen LogP) is 2.93. The van der Waals surface area contributed by atoms with Gasteiger partial charge in [0.1, 0.15) is 5.78 Å². The van der Waals surface area contributed by atoms with Crippen molar-refractivity contribution < 1.29 is 23.2 Å². The molecule has 1 amide bonds. The van der Waals surface area contributed by atoms with E-state index < -0.39 is 48.3 Å². The number of alkyl halides is 2. The zero-order valence-electron chi connectivity index (χ0n) is 16.8. The highest BCUT2D eigenvalue weighted by Gasteiger charge is 2.52. The number of fused-ring (bicyclic) bond motifs is 1. The van der Waals surface area contributed by atoms with Gasteiger partial charge in [0.15, 0.2) is 5.78 Å². The Balaban J connectivity index is 1.38. The van der Waals surface area contributed by atoms with Crippen molar-refractivity contribution in [2.45, 2.75) is 57.4 Å². The smallest absolute Gasteiger partial charge is 0.250 e. The van der Waals surface area contributed by atoms with Gasteiger partial charge in [0.25, 0.3) is 0 Å². The van der Waals surface area contributed by atoms with E-state index in [1.54, 1.807) is 0 Å². The molecule has 1 N–H and O–H groups in total. The van der Waals surface area contributed by atoms with Crippen molar-refractivity contribution in [2.75, 3.05) is 0 Å². The van der Waals surface area contributed by atoms with Crippen LogP contribution in [0.15, 0.2) is 18.2 Å². The van der Waals surface area contributed by atoms with Gasteiger partial charge in [-0.1, -0.05) is 18.2 Å². The number of hydrogen-bond donors (Lipinski definition) is 1. The lowest BCUT2D eigenvalue weighted by Crippen LogP contribution is -2.38. The maximum Gasteiger partial charge on any atom is 0.250 e. The number of carbonyl (C=O) groups excluding carboxylic acids is 3. The van der Waals surface area contributed by atoms with Gasteiger partial charge in [0, 0.05) is 37.0 Å². The quantitative estimate of drug-likeness (QED) is 0.803. The van der Waals surface area contributed by atoms with E-state index in [9.17, 15) is 23.2 Å². The van der Waals surface area contributed by atoms with Gasteiger partial charge < -0.3 is 5.32 Å². The SMILES string of the molecule is Cc1cccc2c1CC(C(=O)C[C@@H]1CC(C(=O)C3CC(F)(F)C[C@H]3C#N)NC1=O)C2. The highest BCUT2D eigenvalue weighted by molar-refractivity contribution is 5.97. The van der Waals surface area contributed by atoms with Crippen LogP contribution in [0, 0.1) is 41.9 Å². The highest BCUT2D eigenvalue weighted by Crippen LogP contribution is 2.44. The molecule has 30 heavy (non-hydrogen) atoms. The lowest BCUT2D eigenvalue weighted by atomic mass is 9.86. The van der Waals surface area contributed by atoms with Gasteiger partial charge in [0.05, 0.1) is 18.0 Å². The van der Waals surface area contributed by atoms with Crippen LogP contribution in [0.25, 0.3) is 0 Å². The number of nitriles is 1. The Kier molecular flexibility index (Phi) is 5.21. The molecule has 1 aliphatic heterocycles. The first-order valence-corrected chi connectivity index (χ1v) is 10.4. The molecule has 7 heteroatoms. The normalized spacial score (nSPS) is 31.8. The molecule has 4 rings (SSSR count). The molecule has 1 saturated carbocycles. The summed E-state index contributed by atoms with van der Waals surface area (Å²) < 4.78 is 27.4. The molecule has 5 nitrogen and oxygen atoms in total. The standard InChI is InChI=1S/C23H24F2N2O3/c1-12-3-2-4-13-5-14(6-17(12)13)20(28)8-15-7-19(27-22(15)30)21(29)18-10-23(24,25)9-16(18)11-26/h2-4,14-16,18-19H,5-10H2,1H3,(H,27,30)/t14?,15-,16-,18?,19?/m0/s1. The molecular formula is C23H24F2N2O3. The summed E-state index contributed by atoms with van der Waals surface area (Å²) in [7, 11) is 0. The second-order valence-corrected chi connectivity index (χ2v) is 8.99. The van der Waals surface area contributed by atoms with E-state index in [2.05, 4.69) is 5.32 Å². The summed E-state index contributed by atoms with van der Waals surface area (Å²) in [4.78, 5) is 38.0. The number of nitrogens with one attached hydrogen (secondary N) is 1. The molecule has 1 aromatic carbocycles. The third-order valence-electron chi connectivity index (χ3n) is 6.93. The minimum Gasteiger partial charge on any atom is -0.346 e. The van der Waals surface area contributed by atoms with Crippen LogP contribution in [0.2, 0.25) is 0 Å². The van der Waals surface area contributed by atoms with Gasteiger partial charge in [-0.3, -0.25) is 14.4 Å². The minimum absolute atomic E-state index is 0.00106. The minimum atomic E-state index is -3.03. The fourth-order valence-electron chi connectivity index (χ4n) is 5.28. The van der Waals surface area contributed by atoms with Crippen molar-refractivity contribution in [1.29, 1.82) is 5.26 Å². The van der Waals surface area contributed by atoms with Crippen LogP contribution in [-0.4, -0.2) is 29.4 Å². The Morgan fingerprint density at radius 3 is 2.73 bits per heavy atom. The molecule has 1 saturated heterocycles. The molecule has 1 aromatic rings. The van der Waals surface area contributed by atoms with Crippen LogP contribution >= 0.6 is 0 Å². The number of hydrogen-bond acceptors (Lipinski definition) is 4. The predicted molar refractivity (Wildman–Crippen MR) is 104 cm³/mol. The Bertz CT molecular complexity index is 952. The molecule has 0 spiro atoms. The largest absolute Gasteiger partial charge is 0.346 e. The number of aryl methyl sites for hydroxylation is 1. The summed E-state index contributed by atoms with van der Waals surface area (Å²) in [5.41, 5.74) is 3.53. The molecule has 5 atom stereocenters. The monoisotopic (exact) mass is 414 g/mol. The van der Waals surface area contributed by atoms with Crippen LogP contribution in [0.4, 0.5) is 8.78 Å². The van der Waals surface area contributed by atoms with Gasteiger partial charge in [-0.15, -0.1) is 0 Å². The van der Waals surface area contributed by atoms with E-state index in [0.29, 0.717) is 12.8 Å². The number of carbonyl (C=O) groups is 3. The van der Waals surface area contributed by atoms with E-state index in [1.807, 2.05) is 31.2 Å². The third kappa shape index (κ3) is 3.76. The first kappa shape index (κ1) is 20.6. The van der Waals surface area contributed by atoms with Crippen LogP contribution in [-0.2, 0) is 27.2 Å². The average Bonchev–Trinajstić information content (AvgIpc) is 3.37. The van der Waals surface area contributed by atoms with Gasteiger partial charge in [-0.05, 0) is 42.9 Å². The maximum absolute atomic E-state index is 13.7. The summed E-state index contributed by atoms with van der Waals surface area (Å²) in [5.74, 6) is -6.83. The Hall–Kier alpha value is -2.62. The maximum atomic E-state index is 13.7. The Morgan fingerprint density at radius 1 is 1.27 bits per heavy atom. The van der Waals surface area contributed by atoms with Crippen LogP contribution in [0.1, 0.15) is 42.4 Å². The Labute approximate surface area is 173 Å². The molecule has 0 bridgehead atoms. The first-order chi connectivity index (χ1) is 14.2. The van der Waals surface area contributed by atoms with Crippen LogP contribution in [0.5, 0.6) is 0 Å². The molecule has 2 aliphatic carbocycles. The van der Waals surface area contributed by atoms with Crippen molar-refractivity contribution >= 4 is 17.5 Å². The van der Waals surface area contributed by atoms with E-state index >= 15 is 0 Å². The van der Waals surface area contributed by atoms with Crippen LogP contribution in [0.3, 0.4) is 0 Å². The van der Waals surface area contributed by atoms with E-state index in [4.69, 9.17) is 5.26 Å². The number of halogens is 2. The van der Waals surface area contributed by atoms with Gasteiger partial charge in [-0.25, -0.2) is 8.78 Å². The third-order valence-corrected chi connectivity index (χ3v) is 6.93. The second-order valence-electron chi connectivity index (χ2n) is 8.99. The van der Waals surface area contributed by atoms with E-state index in [-0.39, 0.29) is 30.4 Å². The van der Waals surface area contributed by atoms with Crippen molar-refractivity contribution in [3.8, 4) is 6.07 Å². The molecule has 3 aliphatic rings. The number of ketones is 2. The number of benzene rings is 1. The molecule has 158 valence electrons. The van der Waals surface area contributed by atoms with E-state index in [1.165, 1.54) is 11.1 Å². The Morgan fingerprint density at radius 2 is 2.03 bits per heavy atom. The molecule has 1 heterocycles. The number of amides is 1. The molecule has 0 radical (unpaired) electrons. The van der Waals surface area contributed by atoms with Crippen molar-refractivity contribution in [3.63, 3.8) is 0 Å². The van der Waals surface area contributed by atoms with Crippen LogP contribution < -0.4 is 5.32 Å². The molecule has 3 unspecified atom stereocenters. The lowest BCUT2D eigenvalue weighted by Gasteiger charge is -2.16. The number of Topliss-reactive ketones (excluding diaryl/α,β-unsaturated/α-hetero) is 2. The summed E-state index contributed by atoms with van der Waals surface area (Å²) in [5, 5.41) is 11.7. The van der Waals surface area contributed by atoms with Gasteiger partial charge >= 0.3 is 0 Å². The van der Waals surface area contributed by atoms with Crippen molar-refractivity contribution in [3.05, 3.63) is 34.9 Å². The zero-order chi connectivity index (χ0) is 21.6. The fraction of sp³-hybridized carbons (Fsp3) is 0.565. The fourth-order valence-corrected chi connectivity index (χ4v) is 5.28. The van der Waals surface area contributed by atoms with Gasteiger partial charge in [-0.2, -0.15) is 5.26 Å². The number of rotatable bonds is 5. The van der Waals surface area contributed by atoms with Crippen molar-refractivity contribution in [2.24, 2.45) is 23.7 Å². The summed E-state index contributed by atoms with van der Waals surface area (Å²) in [6, 6.07) is 6.94. The molecule has 0 aromatic heterocycles. The molecule has 2 fully saturated rings. The number of nitrogens with zero attached hydrogens (tertiary/aromatic N) is 1. The average molecular weight is 414 g/mol. The zero-order valence-corrected chi connectivity index (χ0v) is 16.8. The van der Waals surface area contributed by atoms with Crippen molar-refractivity contribution in [1.82, 2.24) is 5.32 Å². The first-order valence-electron chi connectivity index (χ1n) is 10.4. The topological polar surface area (TPSA) is 87.0 Å². The summed E-state index contributed by atoms with van der Waals surface area (Å²) >= 11 is 0. The summed E-state index contributed by atoms with van der Waals surface area (Å²) in [6.45, 7) is 2.02. The summed E-state index contributed by atoms with van der Waals surface area (Å²) in [6.07, 6.45) is 0.230.